The molecule has 0 heterocycles. The lowest BCUT2D eigenvalue weighted by atomic mass is 10.1. The Balaban J connectivity index is 3.08. The Kier molecular flexibility index (Phi) is 4.66. The molecule has 0 saturated carbocycles. The normalized spacial score (nSPS) is 10.5. The minimum Gasteiger partial charge on any atom is -0.497 e. The molecule has 98 valence electrons. The molecule has 0 aromatic heterocycles. The van der Waals surface area contributed by atoms with Crippen LogP contribution in [-0.2, 0) is 4.79 Å². The number of aryl methyl sites for hydroxylation is 1. The maximum atomic E-state index is 11.5. The summed E-state index contributed by atoms with van der Waals surface area (Å²) < 4.78 is 5.06. The summed E-state index contributed by atoms with van der Waals surface area (Å²) in [6, 6.07) is 5.91. The second-order valence-electron chi connectivity index (χ2n) is 3.71. The van der Waals surface area contributed by atoms with Crippen LogP contribution < -0.4 is 15.8 Å². The van der Waals surface area contributed by atoms with E-state index < -0.39 is 11.9 Å². The van der Waals surface area contributed by atoms with Gasteiger partial charge >= 0.3 is 6.03 Å². The average molecular weight is 259 g/mol. The first-order valence-corrected chi connectivity index (χ1v) is 5.35. The average Bonchev–Trinajstić information content (AvgIpc) is 2.36. The topological polar surface area (TPSA) is 105 Å². The highest BCUT2D eigenvalue weighted by Crippen LogP contribution is 2.19. The molecule has 1 aromatic rings. The number of hydrogen-bond donors (Lipinski definition) is 2. The third kappa shape index (κ3) is 3.85. The summed E-state index contributed by atoms with van der Waals surface area (Å²) in [6.45, 7) is 1.81. The molecule has 1 aromatic carbocycles. The highest BCUT2D eigenvalue weighted by molar-refractivity contribution is 6.08. The quantitative estimate of drug-likeness (QED) is 0.626. The number of nitriles is 1. The largest absolute Gasteiger partial charge is 0.497 e. The van der Waals surface area contributed by atoms with E-state index in [2.05, 4.69) is 0 Å². The third-order valence-electron chi connectivity index (χ3n) is 2.38. The molecule has 0 spiro atoms. The minimum atomic E-state index is -1.00. The Bertz CT molecular complexity index is 585. The molecule has 0 aliphatic carbocycles. The summed E-state index contributed by atoms with van der Waals surface area (Å²) in [6.07, 6.45) is 1.38. The first-order valence-electron chi connectivity index (χ1n) is 5.35. The van der Waals surface area contributed by atoms with E-state index >= 15 is 0 Å². The number of primary amides is 1. The molecule has 3 N–H and O–H groups in total. The van der Waals surface area contributed by atoms with E-state index in [-0.39, 0.29) is 5.57 Å². The van der Waals surface area contributed by atoms with Crippen molar-refractivity contribution in [2.75, 3.05) is 7.11 Å². The van der Waals surface area contributed by atoms with Crippen molar-refractivity contribution in [3.8, 4) is 11.8 Å². The number of rotatable bonds is 3. The van der Waals surface area contributed by atoms with Crippen LogP contribution in [0.1, 0.15) is 11.1 Å². The van der Waals surface area contributed by atoms with Crippen LogP contribution in [0.5, 0.6) is 5.75 Å². The SMILES string of the molecule is COc1ccc(/C=C(/C#N)C(=O)NC(N)=O)c(C)c1. The maximum Gasteiger partial charge on any atom is 0.319 e. The summed E-state index contributed by atoms with van der Waals surface area (Å²) in [7, 11) is 1.55. The molecule has 0 unspecified atom stereocenters. The van der Waals surface area contributed by atoms with Crippen LogP contribution in [0.25, 0.3) is 6.08 Å². The van der Waals surface area contributed by atoms with Gasteiger partial charge in [0.25, 0.3) is 5.91 Å². The second-order valence-corrected chi connectivity index (χ2v) is 3.71. The van der Waals surface area contributed by atoms with E-state index in [0.717, 1.165) is 5.56 Å². The fourth-order valence-corrected chi connectivity index (χ4v) is 1.42. The van der Waals surface area contributed by atoms with Gasteiger partial charge in [0.15, 0.2) is 0 Å². The van der Waals surface area contributed by atoms with Gasteiger partial charge in [-0.3, -0.25) is 10.1 Å². The number of carbonyl (C=O) groups is 2. The number of nitrogens with zero attached hydrogens (tertiary/aromatic N) is 1. The third-order valence-corrected chi connectivity index (χ3v) is 2.38. The molecular formula is C13H13N3O3. The molecular weight excluding hydrogens is 246 g/mol. The second kappa shape index (κ2) is 6.21. The summed E-state index contributed by atoms with van der Waals surface area (Å²) in [5.41, 5.74) is 6.13. The number of urea groups is 1. The summed E-state index contributed by atoms with van der Waals surface area (Å²) in [5, 5.41) is 10.7. The van der Waals surface area contributed by atoms with Crippen molar-refractivity contribution in [2.45, 2.75) is 6.92 Å². The Hall–Kier alpha value is -2.81. The van der Waals surface area contributed by atoms with Crippen LogP contribution >= 0.6 is 0 Å². The molecule has 0 atom stereocenters. The van der Waals surface area contributed by atoms with Crippen LogP contribution in [0.2, 0.25) is 0 Å². The zero-order valence-electron chi connectivity index (χ0n) is 10.6. The van der Waals surface area contributed by atoms with Crippen LogP contribution in [0, 0.1) is 18.3 Å². The van der Waals surface area contributed by atoms with Gasteiger partial charge < -0.3 is 10.5 Å². The summed E-state index contributed by atoms with van der Waals surface area (Å²) in [4.78, 5) is 22.1. The minimum absolute atomic E-state index is 0.202. The summed E-state index contributed by atoms with van der Waals surface area (Å²) >= 11 is 0. The molecule has 0 saturated heterocycles. The standard InChI is InChI=1S/C13H13N3O3/c1-8-5-11(19-2)4-3-9(8)6-10(7-14)12(17)16-13(15)18/h3-6H,1-2H3,(H3,15,16,17,18)/b10-6-. The molecule has 0 aliphatic rings. The van der Waals surface area contributed by atoms with E-state index in [1.165, 1.54) is 6.08 Å². The van der Waals surface area contributed by atoms with Crippen molar-refractivity contribution >= 4 is 18.0 Å². The Morgan fingerprint density at radius 3 is 2.63 bits per heavy atom. The summed E-state index contributed by atoms with van der Waals surface area (Å²) in [5.74, 6) is -0.153. The predicted molar refractivity (Wildman–Crippen MR) is 69.0 cm³/mol. The van der Waals surface area contributed by atoms with Gasteiger partial charge in [0.1, 0.15) is 17.4 Å². The number of carbonyl (C=O) groups excluding carboxylic acids is 2. The van der Waals surface area contributed by atoms with Gasteiger partial charge in [-0.05, 0) is 36.3 Å². The van der Waals surface area contributed by atoms with Crippen molar-refractivity contribution in [1.82, 2.24) is 5.32 Å². The number of nitrogens with one attached hydrogen (secondary N) is 1. The molecule has 0 bridgehead atoms. The first-order chi connectivity index (χ1) is 8.97. The lowest BCUT2D eigenvalue weighted by Gasteiger charge is -2.05. The van der Waals surface area contributed by atoms with Crippen molar-refractivity contribution < 1.29 is 14.3 Å². The van der Waals surface area contributed by atoms with Gasteiger partial charge in [0, 0.05) is 0 Å². The highest BCUT2D eigenvalue weighted by Gasteiger charge is 2.11. The molecule has 0 radical (unpaired) electrons. The Morgan fingerprint density at radius 1 is 1.47 bits per heavy atom. The first kappa shape index (κ1) is 14.3. The number of ether oxygens (including phenoxy) is 1. The number of benzene rings is 1. The molecule has 3 amide bonds. The maximum absolute atomic E-state index is 11.5. The van der Waals surface area contributed by atoms with Crippen LogP contribution in [0.4, 0.5) is 4.79 Å². The monoisotopic (exact) mass is 259 g/mol. The van der Waals surface area contributed by atoms with Gasteiger partial charge in [-0.25, -0.2) is 4.79 Å². The molecule has 6 heteroatoms. The van der Waals surface area contributed by atoms with Gasteiger partial charge in [0.2, 0.25) is 0 Å². The number of nitrogens with two attached hydrogens (primary N) is 1. The van der Waals surface area contributed by atoms with E-state index in [0.29, 0.717) is 11.3 Å². The number of imide groups is 1. The number of hydrogen-bond acceptors (Lipinski definition) is 4. The van der Waals surface area contributed by atoms with Crippen molar-refractivity contribution in [3.63, 3.8) is 0 Å². The number of methoxy groups -OCH3 is 1. The molecule has 19 heavy (non-hydrogen) atoms. The lowest BCUT2D eigenvalue weighted by Crippen LogP contribution is -2.35. The van der Waals surface area contributed by atoms with E-state index in [1.807, 2.05) is 12.2 Å². The van der Waals surface area contributed by atoms with Gasteiger partial charge in [-0.2, -0.15) is 5.26 Å². The Morgan fingerprint density at radius 2 is 2.16 bits per heavy atom. The van der Waals surface area contributed by atoms with E-state index in [1.54, 1.807) is 31.4 Å². The fraction of sp³-hybridized carbons (Fsp3) is 0.154. The lowest BCUT2D eigenvalue weighted by molar-refractivity contribution is -0.115. The smallest absolute Gasteiger partial charge is 0.319 e. The van der Waals surface area contributed by atoms with E-state index in [4.69, 9.17) is 15.7 Å². The van der Waals surface area contributed by atoms with Gasteiger partial charge in [-0.1, -0.05) is 6.07 Å². The predicted octanol–water partition coefficient (Wildman–Crippen LogP) is 1.11. The van der Waals surface area contributed by atoms with Gasteiger partial charge in [-0.15, -0.1) is 0 Å². The van der Waals surface area contributed by atoms with Crippen molar-refractivity contribution in [3.05, 3.63) is 34.9 Å². The van der Waals surface area contributed by atoms with Crippen molar-refractivity contribution in [1.29, 1.82) is 5.26 Å². The van der Waals surface area contributed by atoms with Gasteiger partial charge in [0.05, 0.1) is 7.11 Å². The Labute approximate surface area is 110 Å². The molecule has 0 fully saturated rings. The fourth-order valence-electron chi connectivity index (χ4n) is 1.42. The zero-order valence-corrected chi connectivity index (χ0v) is 10.6. The molecule has 6 nitrogen and oxygen atoms in total. The number of amides is 3. The van der Waals surface area contributed by atoms with Crippen molar-refractivity contribution in [2.24, 2.45) is 5.73 Å². The van der Waals surface area contributed by atoms with Crippen LogP contribution in [0.15, 0.2) is 23.8 Å². The molecule has 1 rings (SSSR count). The highest BCUT2D eigenvalue weighted by atomic mass is 16.5. The van der Waals surface area contributed by atoms with Crippen LogP contribution in [0.3, 0.4) is 0 Å². The zero-order chi connectivity index (χ0) is 14.4. The molecule has 0 aliphatic heterocycles. The van der Waals surface area contributed by atoms with E-state index in [9.17, 15) is 9.59 Å². The van der Waals surface area contributed by atoms with Crippen LogP contribution in [-0.4, -0.2) is 19.0 Å².